The lowest BCUT2D eigenvalue weighted by Crippen LogP contribution is -2.31. The van der Waals surface area contributed by atoms with Crippen molar-refractivity contribution in [2.45, 2.75) is 51.0 Å². The molecule has 1 N–H and O–H groups in total. The Morgan fingerprint density at radius 3 is 2.18 bits per heavy atom. The van der Waals surface area contributed by atoms with Gasteiger partial charge in [0.05, 0.1) is 6.10 Å². The number of hydrogen-bond donors (Lipinski definition) is 1. The zero-order chi connectivity index (χ0) is 7.68. The van der Waals surface area contributed by atoms with Gasteiger partial charge >= 0.3 is 0 Å². The molecule has 64 valence electrons. The third-order valence-electron chi connectivity index (χ3n) is 3.55. The van der Waals surface area contributed by atoms with Gasteiger partial charge in [-0.2, -0.15) is 0 Å². The molecule has 0 radical (unpaired) electrons. The molecule has 0 aromatic carbocycles. The van der Waals surface area contributed by atoms with Crippen molar-refractivity contribution < 1.29 is 5.11 Å². The highest BCUT2D eigenvalue weighted by atomic mass is 16.3. The van der Waals surface area contributed by atoms with Crippen LogP contribution in [-0.2, 0) is 0 Å². The monoisotopic (exact) mass is 154 g/mol. The molecule has 1 heteroatoms. The van der Waals surface area contributed by atoms with E-state index in [0.29, 0.717) is 5.92 Å². The van der Waals surface area contributed by atoms with Gasteiger partial charge in [-0.15, -0.1) is 0 Å². The van der Waals surface area contributed by atoms with E-state index in [1.807, 2.05) is 0 Å². The Morgan fingerprint density at radius 2 is 1.82 bits per heavy atom. The second-order valence-electron chi connectivity index (χ2n) is 4.28. The number of aliphatic hydroxyl groups excluding tert-OH is 1. The SMILES string of the molecule is OC1CCC1CCC1CCC1. The third-order valence-corrected chi connectivity index (χ3v) is 3.55. The van der Waals surface area contributed by atoms with Crippen LogP contribution in [0.2, 0.25) is 0 Å². The van der Waals surface area contributed by atoms with Crippen LogP contribution in [0.3, 0.4) is 0 Å². The molecule has 2 saturated carbocycles. The highest BCUT2D eigenvalue weighted by molar-refractivity contribution is 4.81. The summed E-state index contributed by atoms with van der Waals surface area (Å²) in [6.45, 7) is 0. The van der Waals surface area contributed by atoms with Crippen LogP contribution in [-0.4, -0.2) is 11.2 Å². The lowest BCUT2D eigenvalue weighted by atomic mass is 9.74. The predicted molar refractivity (Wildman–Crippen MR) is 45.3 cm³/mol. The average Bonchev–Trinajstić information content (AvgIpc) is 1.91. The molecular weight excluding hydrogens is 136 g/mol. The van der Waals surface area contributed by atoms with Crippen LogP contribution in [0.1, 0.15) is 44.9 Å². The Balaban J connectivity index is 1.58. The lowest BCUT2D eigenvalue weighted by molar-refractivity contribution is 0.0141. The van der Waals surface area contributed by atoms with Gasteiger partial charge in [-0.3, -0.25) is 0 Å². The maximum atomic E-state index is 9.31. The van der Waals surface area contributed by atoms with Crippen molar-refractivity contribution in [2.75, 3.05) is 0 Å². The third kappa shape index (κ3) is 1.58. The second-order valence-corrected chi connectivity index (χ2v) is 4.28. The highest BCUT2D eigenvalue weighted by Gasteiger charge is 2.29. The van der Waals surface area contributed by atoms with E-state index < -0.39 is 0 Å². The van der Waals surface area contributed by atoms with Gasteiger partial charge in [-0.1, -0.05) is 25.7 Å². The van der Waals surface area contributed by atoms with Crippen molar-refractivity contribution in [3.05, 3.63) is 0 Å². The molecule has 0 aromatic rings. The summed E-state index contributed by atoms with van der Waals surface area (Å²) in [5.74, 6) is 1.71. The van der Waals surface area contributed by atoms with Gasteiger partial charge in [0.1, 0.15) is 0 Å². The van der Waals surface area contributed by atoms with E-state index in [9.17, 15) is 5.11 Å². The van der Waals surface area contributed by atoms with Crippen LogP contribution in [0.5, 0.6) is 0 Å². The Morgan fingerprint density at radius 1 is 1.00 bits per heavy atom. The summed E-state index contributed by atoms with van der Waals surface area (Å²) in [4.78, 5) is 0. The molecule has 1 nitrogen and oxygen atoms in total. The predicted octanol–water partition coefficient (Wildman–Crippen LogP) is 2.34. The minimum atomic E-state index is 0.0649. The molecule has 0 heterocycles. The molecule has 11 heavy (non-hydrogen) atoms. The molecule has 0 spiro atoms. The van der Waals surface area contributed by atoms with Crippen LogP contribution >= 0.6 is 0 Å². The van der Waals surface area contributed by atoms with E-state index in [1.165, 1.54) is 38.5 Å². The van der Waals surface area contributed by atoms with Crippen LogP contribution in [0.15, 0.2) is 0 Å². The topological polar surface area (TPSA) is 20.2 Å². The fourth-order valence-corrected chi connectivity index (χ4v) is 2.12. The second kappa shape index (κ2) is 3.14. The van der Waals surface area contributed by atoms with Gasteiger partial charge in [0.15, 0.2) is 0 Å². The molecule has 2 aliphatic carbocycles. The van der Waals surface area contributed by atoms with Crippen molar-refractivity contribution in [1.29, 1.82) is 0 Å². The summed E-state index contributed by atoms with van der Waals surface area (Å²) in [7, 11) is 0. The largest absolute Gasteiger partial charge is 0.393 e. The summed E-state index contributed by atoms with van der Waals surface area (Å²) >= 11 is 0. The van der Waals surface area contributed by atoms with Gasteiger partial charge in [0.2, 0.25) is 0 Å². The standard InChI is InChI=1S/C10H18O/c11-10-7-6-9(10)5-4-8-2-1-3-8/h8-11H,1-7H2. The molecular formula is C10H18O. The Kier molecular flexibility index (Phi) is 2.17. The fraction of sp³-hybridized carbons (Fsp3) is 1.00. The first kappa shape index (κ1) is 7.60. The van der Waals surface area contributed by atoms with Gasteiger partial charge in [0.25, 0.3) is 0 Å². The van der Waals surface area contributed by atoms with Gasteiger partial charge in [-0.25, -0.2) is 0 Å². The molecule has 0 aliphatic heterocycles. The first-order valence-corrected chi connectivity index (χ1v) is 5.04. The lowest BCUT2D eigenvalue weighted by Gasteiger charge is -2.35. The quantitative estimate of drug-likeness (QED) is 0.661. The van der Waals surface area contributed by atoms with E-state index in [0.717, 1.165) is 12.3 Å². The summed E-state index contributed by atoms with van der Waals surface area (Å²) in [5.41, 5.74) is 0. The summed E-state index contributed by atoms with van der Waals surface area (Å²) in [6, 6.07) is 0. The fourth-order valence-electron chi connectivity index (χ4n) is 2.12. The average molecular weight is 154 g/mol. The number of aliphatic hydroxyl groups is 1. The van der Waals surface area contributed by atoms with Crippen LogP contribution in [0, 0.1) is 11.8 Å². The summed E-state index contributed by atoms with van der Waals surface area (Å²) < 4.78 is 0. The minimum Gasteiger partial charge on any atom is -0.393 e. The zero-order valence-corrected chi connectivity index (χ0v) is 7.13. The van der Waals surface area contributed by atoms with Crippen molar-refractivity contribution in [1.82, 2.24) is 0 Å². The number of rotatable bonds is 3. The maximum Gasteiger partial charge on any atom is 0.0568 e. The maximum absolute atomic E-state index is 9.31. The molecule has 2 aliphatic rings. The normalized spacial score (nSPS) is 37.9. The highest BCUT2D eigenvalue weighted by Crippen LogP contribution is 2.37. The van der Waals surface area contributed by atoms with Crippen molar-refractivity contribution in [3.8, 4) is 0 Å². The molecule has 0 saturated heterocycles. The summed E-state index contributed by atoms with van der Waals surface area (Å²) in [6.07, 6.45) is 9.48. The molecule has 2 unspecified atom stereocenters. The van der Waals surface area contributed by atoms with E-state index in [4.69, 9.17) is 0 Å². The first-order chi connectivity index (χ1) is 5.36. The molecule has 0 bridgehead atoms. The van der Waals surface area contributed by atoms with Crippen molar-refractivity contribution >= 4 is 0 Å². The van der Waals surface area contributed by atoms with Crippen molar-refractivity contribution in [3.63, 3.8) is 0 Å². The first-order valence-electron chi connectivity index (χ1n) is 5.04. The minimum absolute atomic E-state index is 0.0649. The Labute approximate surface area is 68.8 Å². The smallest absolute Gasteiger partial charge is 0.0568 e. The van der Waals surface area contributed by atoms with Crippen LogP contribution in [0.4, 0.5) is 0 Å². The van der Waals surface area contributed by atoms with Gasteiger partial charge in [-0.05, 0) is 31.1 Å². The Hall–Kier alpha value is -0.0400. The van der Waals surface area contributed by atoms with Crippen molar-refractivity contribution in [2.24, 2.45) is 11.8 Å². The van der Waals surface area contributed by atoms with E-state index >= 15 is 0 Å². The molecule has 2 rings (SSSR count). The molecule has 2 atom stereocenters. The zero-order valence-electron chi connectivity index (χ0n) is 7.13. The van der Waals surface area contributed by atoms with E-state index in [1.54, 1.807) is 0 Å². The van der Waals surface area contributed by atoms with Crippen LogP contribution in [0.25, 0.3) is 0 Å². The number of hydrogen-bond acceptors (Lipinski definition) is 1. The Bertz CT molecular complexity index is 129. The van der Waals surface area contributed by atoms with Gasteiger partial charge in [0, 0.05) is 0 Å². The van der Waals surface area contributed by atoms with Crippen LogP contribution < -0.4 is 0 Å². The van der Waals surface area contributed by atoms with E-state index in [-0.39, 0.29) is 6.10 Å². The van der Waals surface area contributed by atoms with Gasteiger partial charge < -0.3 is 5.11 Å². The molecule has 2 fully saturated rings. The molecule has 0 amide bonds. The van der Waals surface area contributed by atoms with E-state index in [2.05, 4.69) is 0 Å². The molecule has 0 aromatic heterocycles. The summed E-state index contributed by atoms with van der Waals surface area (Å²) in [5, 5.41) is 9.31.